The molecule has 0 bridgehead atoms. The predicted molar refractivity (Wildman–Crippen MR) is 449 cm³/mol. The second-order valence-electron chi connectivity index (χ2n) is 28.4. The number of nitrogens with zero attached hydrogens (tertiary/aromatic N) is 12. The van der Waals surface area contributed by atoms with Crippen LogP contribution in [0.3, 0.4) is 0 Å². The maximum absolute atomic E-state index is 14.7. The Morgan fingerprint density at radius 2 is 1.59 bits per heavy atom. The number of aryl methyl sites for hydroxylation is 2. The summed E-state index contributed by atoms with van der Waals surface area (Å²) in [6.07, 6.45) is 4.29. The quantitative estimate of drug-likeness (QED) is 0.00207. The lowest BCUT2D eigenvalue weighted by atomic mass is 9.86. The molecule has 42 nitrogen and oxygen atoms in total. The summed E-state index contributed by atoms with van der Waals surface area (Å²) < 4.78 is 152. The summed E-state index contributed by atoms with van der Waals surface area (Å²) in [5.41, 5.74) is 30.5. The number of ether oxygens (including phenoxy) is 6. The third-order valence-electron chi connectivity index (χ3n) is 19.5. The van der Waals surface area contributed by atoms with Gasteiger partial charge in [-0.3, -0.25) is 37.6 Å². The van der Waals surface area contributed by atoms with Gasteiger partial charge in [0, 0.05) is 150 Å². The Morgan fingerprint density at radius 3 is 2.37 bits per heavy atom. The van der Waals surface area contributed by atoms with Crippen molar-refractivity contribution in [3.63, 3.8) is 0 Å². The molecule has 1 fully saturated rings. The summed E-state index contributed by atoms with van der Waals surface area (Å²) in [7, 11) is -20.6. The molecule has 3 amide bonds. The molecule has 6 aromatic rings. The Labute approximate surface area is 713 Å². The van der Waals surface area contributed by atoms with E-state index in [1.165, 1.54) is 16.8 Å². The van der Waals surface area contributed by atoms with Crippen molar-refractivity contribution in [2.75, 3.05) is 126 Å². The van der Waals surface area contributed by atoms with E-state index < -0.39 is 100 Å². The number of Topliss-reactive ketones (excluding diaryl/α,β-unsaturated/α-hetero) is 2. The van der Waals surface area contributed by atoms with Crippen molar-refractivity contribution in [2.45, 2.75) is 115 Å². The molecule has 10 rings (SSSR count). The van der Waals surface area contributed by atoms with E-state index in [0.29, 0.717) is 99.0 Å². The van der Waals surface area contributed by atoms with Gasteiger partial charge in [-0.05, 0) is 104 Å². The minimum atomic E-state index is -5.84. The molecule has 1 saturated heterocycles. The highest BCUT2D eigenvalue weighted by atomic mass is 33.1. The molecule has 0 aliphatic carbocycles. The number of benzene rings is 4. The molecular weight excluding hydrogens is 1750 g/mol. The van der Waals surface area contributed by atoms with Crippen LogP contribution in [0.25, 0.3) is 37.5 Å². The molecule has 0 radical (unpaired) electrons. The van der Waals surface area contributed by atoms with Gasteiger partial charge in [0.1, 0.15) is 92.0 Å². The van der Waals surface area contributed by atoms with Gasteiger partial charge in [-0.15, -0.1) is 0 Å². The van der Waals surface area contributed by atoms with Crippen molar-refractivity contribution in [2.24, 2.45) is 10.2 Å². The lowest BCUT2D eigenvalue weighted by Gasteiger charge is -2.33. The standard InChI is InChI=1S/C74H92N15O27P3S4/c1-86(74(94)57-22-3-2-21-56(57)70-58-38-49-15-7-27-87(29-11-35-122(102,103)104)60(49)40-62(58)113-63-41-61-50(39-59(63)70)16-8-28-88(61)30-12-36-123(105,106)107)26-9-18-53(90)19-10-33-120-121-34-23-54(91)17-6-25-79-73(93)51-13-4-20-55(37-51)110-46-67(83-85-77)109-32-31-108-45-66(92)78-24-5-14-52-43-89(72-69(52)71(75)80-47-81-72)68-42-64(111-48-82-84-76)65(114-68)44-112-118(98,99)116-119(100,101)115-117(95,96)97/h2-4,13,20-22,37-41,43,47,64-65,67-68H,6-12,15-19,23-36,42,44-46,48H2,1H3,(H9-,75,78,79,80,81,92,93,95,96,97,98,99,100,101,102,103,104,105,106,107)/p+1/t64-,65-,67?,68-/m1/s1. The Bertz CT molecular complexity index is 5570. The molecule has 6 atom stereocenters. The number of nitrogen functional groups attached to an aromatic ring is 1. The molecule has 49 heteroatoms. The van der Waals surface area contributed by atoms with Crippen LogP contribution in [0.15, 0.2) is 95.5 Å². The van der Waals surface area contributed by atoms with Gasteiger partial charge in [0.15, 0.2) is 6.23 Å². The SMILES string of the molecule is CN(CCCC(=O)CCCSSCCC(=O)CCCNC(=O)c1cccc(OCC(N=[N+]=[N-])OCCOCC(=O)NCC#Cc2cn([C@H]3C[C@@H](OCN=[N+]=[N-])[C@@H](COP(=O)(O)OP(=O)(O)OP(=O)(O)O)O3)c3ncnc(N)c23)c1)C(=O)c1ccccc1C1=c2cc3c(cc2Oc2cc4c(cc21)CCCN4CCCS(=O)(=O)O)=[N+](CCCS(=O)(=O)O)CCC3. The summed E-state index contributed by atoms with van der Waals surface area (Å²) in [6, 6.07) is 21.8. The number of nitrogens with one attached hydrogen (secondary N) is 2. The second kappa shape index (κ2) is 45.3. The number of hydrogen-bond donors (Lipinski definition) is 9. The number of rotatable bonds is 49. The van der Waals surface area contributed by atoms with Gasteiger partial charge in [-0.1, -0.05) is 67.9 Å². The van der Waals surface area contributed by atoms with E-state index in [0.717, 1.165) is 70.5 Å². The third-order valence-corrected chi connectivity index (χ3v) is 27.4. The summed E-state index contributed by atoms with van der Waals surface area (Å²) in [5.74, 6) is 6.40. The molecule has 2 aromatic heterocycles. The average Bonchev–Trinajstić information content (AvgIpc) is 1.50. The molecule has 4 aromatic carbocycles. The number of fused-ring (bicyclic) bond motifs is 5. The molecule has 0 spiro atoms. The molecule has 4 aliphatic heterocycles. The first kappa shape index (κ1) is 96.3. The van der Waals surface area contributed by atoms with Crippen molar-refractivity contribution in [1.82, 2.24) is 34.6 Å². The van der Waals surface area contributed by atoms with E-state index >= 15 is 0 Å². The minimum absolute atomic E-state index is 0.00298. The fourth-order valence-electron chi connectivity index (χ4n) is 14.0. The van der Waals surface area contributed by atoms with Crippen molar-refractivity contribution in [3.8, 4) is 29.1 Å². The van der Waals surface area contributed by atoms with E-state index in [2.05, 4.69) is 82.7 Å². The summed E-state index contributed by atoms with van der Waals surface area (Å²) in [6.45, 7) is 0.0950. The fraction of sp³-hybridized carbons (Fsp3) is 0.486. The lowest BCUT2D eigenvalue weighted by molar-refractivity contribution is -0.126. The van der Waals surface area contributed by atoms with Crippen molar-refractivity contribution in [3.05, 3.63) is 156 Å². The monoisotopic (exact) mass is 1840 g/mol. The molecule has 664 valence electrons. The van der Waals surface area contributed by atoms with Crippen LogP contribution in [0.5, 0.6) is 17.2 Å². The Hall–Kier alpha value is -8.93. The number of ketones is 2. The van der Waals surface area contributed by atoms with E-state index in [4.69, 9.17) is 54.0 Å². The molecular formula is C74H93N15O27P3S4+. The van der Waals surface area contributed by atoms with Crippen LogP contribution in [-0.2, 0) is 93.2 Å². The maximum Gasteiger partial charge on any atom is 0.490 e. The van der Waals surface area contributed by atoms with Gasteiger partial charge < -0.3 is 78.7 Å². The Balaban J connectivity index is 0.598. The Morgan fingerprint density at radius 1 is 0.829 bits per heavy atom. The van der Waals surface area contributed by atoms with Crippen LogP contribution in [0.1, 0.15) is 132 Å². The topological polar surface area (TPSA) is 597 Å². The minimum Gasteiger partial charge on any atom is -0.491 e. The molecule has 6 heterocycles. The molecule has 4 aliphatic rings. The number of nitrogens with two attached hydrogens (primary N) is 1. The zero-order valence-electron chi connectivity index (χ0n) is 66.5. The number of carbonyl (C=O) groups is 5. The normalized spacial score (nSPS) is 16.8. The first-order valence-electron chi connectivity index (χ1n) is 38.7. The number of phosphoric acid groups is 3. The number of hydrogen-bond acceptors (Lipinski definition) is 29. The van der Waals surface area contributed by atoms with E-state index in [1.54, 1.807) is 57.8 Å². The van der Waals surface area contributed by atoms with Gasteiger partial charge in [0.2, 0.25) is 11.3 Å². The smallest absolute Gasteiger partial charge is 0.490 e. The van der Waals surface area contributed by atoms with Crippen molar-refractivity contribution in [1.29, 1.82) is 0 Å². The predicted octanol–water partition coefficient (Wildman–Crippen LogP) is 7.36. The summed E-state index contributed by atoms with van der Waals surface area (Å²) in [5, 5.41) is 14.2. The number of phosphoric ester groups is 1. The largest absolute Gasteiger partial charge is 0.491 e. The van der Waals surface area contributed by atoms with Gasteiger partial charge >= 0.3 is 23.5 Å². The van der Waals surface area contributed by atoms with Gasteiger partial charge in [-0.25, -0.2) is 28.2 Å². The van der Waals surface area contributed by atoms with Crippen molar-refractivity contribution >= 4 is 123 Å². The van der Waals surface area contributed by atoms with Gasteiger partial charge in [-0.2, -0.15) is 25.5 Å². The summed E-state index contributed by atoms with van der Waals surface area (Å²) >= 11 is 0. The fourth-order valence-corrected chi connectivity index (χ4v) is 20.2. The van der Waals surface area contributed by atoms with Crippen LogP contribution in [0.2, 0.25) is 0 Å². The molecule has 123 heavy (non-hydrogen) atoms. The highest BCUT2D eigenvalue weighted by molar-refractivity contribution is 8.76. The number of amides is 3. The lowest BCUT2D eigenvalue weighted by Crippen LogP contribution is -2.40. The maximum atomic E-state index is 14.7. The molecule has 10 N–H and O–H groups in total. The highest BCUT2D eigenvalue weighted by Crippen LogP contribution is 2.66. The number of carbonyl (C=O) groups excluding carboxylic acids is 5. The molecule has 0 saturated carbocycles. The Kier molecular flexibility index (Phi) is 35.5. The van der Waals surface area contributed by atoms with Gasteiger partial charge in [0.25, 0.3) is 32.1 Å². The zero-order valence-corrected chi connectivity index (χ0v) is 72.4. The average molecular weight is 1850 g/mol. The highest BCUT2D eigenvalue weighted by Gasteiger charge is 2.44. The van der Waals surface area contributed by atoms with Crippen LogP contribution >= 0.6 is 45.1 Å². The number of anilines is 2. The van der Waals surface area contributed by atoms with Crippen LogP contribution in [0.4, 0.5) is 11.5 Å². The summed E-state index contributed by atoms with van der Waals surface area (Å²) in [4.78, 5) is 121. The first-order chi connectivity index (χ1) is 58.6. The first-order valence-corrected chi connectivity index (χ1v) is 49.0. The van der Waals surface area contributed by atoms with E-state index in [1.807, 2.05) is 30.3 Å². The van der Waals surface area contributed by atoms with E-state index in [9.17, 15) is 78.9 Å². The molecule has 3 unspecified atom stereocenters. The number of aromatic nitrogens is 3. The number of azide groups is 2. The van der Waals surface area contributed by atoms with E-state index in [-0.39, 0.29) is 128 Å². The zero-order chi connectivity index (χ0) is 88.5. The van der Waals surface area contributed by atoms with Gasteiger partial charge in [0.05, 0.1) is 61.0 Å². The van der Waals surface area contributed by atoms with Crippen LogP contribution in [-0.4, -0.2) is 228 Å². The third kappa shape index (κ3) is 29.6. The van der Waals surface area contributed by atoms with Crippen LogP contribution in [0, 0.1) is 11.8 Å². The second-order valence-corrected chi connectivity index (χ2v) is 38.7. The van der Waals surface area contributed by atoms with Crippen molar-refractivity contribution < 1.29 is 125 Å². The van der Waals surface area contributed by atoms with Crippen LogP contribution < -0.4 is 45.9 Å².